The molecule has 9 rings (SSSR count). The molecule has 60 heavy (non-hydrogen) atoms. The minimum atomic E-state index is -0.799. The highest BCUT2D eigenvalue weighted by Gasteiger charge is 1.97. The zero-order valence-corrected chi connectivity index (χ0v) is 34.9. The predicted octanol–water partition coefficient (Wildman–Crippen LogP) is 15.3. The van der Waals surface area contributed by atoms with Gasteiger partial charge in [-0.05, 0) is 99.9 Å². The molecular weight excluding hydrogens is 775 g/mol. The Kier molecular flexibility index (Phi) is 36.5. The second kappa shape index (κ2) is 41.1. The maximum atomic E-state index is 11.9. The number of halogens is 6. The van der Waals surface area contributed by atoms with Crippen LogP contribution in [0.3, 0.4) is 0 Å². The molecule has 0 atom stereocenters. The van der Waals surface area contributed by atoms with Crippen LogP contribution in [0.5, 0.6) is 0 Å². The highest BCUT2D eigenvalue weighted by atomic mass is 19.2. The minimum Gasteiger partial charge on any atom is -0.381 e. The predicted molar refractivity (Wildman–Crippen MR) is 233 cm³/mol. The Bertz CT molecular complexity index is 1460. The second-order valence-electron chi connectivity index (χ2n) is 13.4. The molecular formula is C51H64F6O3. The lowest BCUT2D eigenvalue weighted by atomic mass is 10.0. The van der Waals surface area contributed by atoms with Gasteiger partial charge in [0.2, 0.25) is 0 Å². The van der Waals surface area contributed by atoms with Crippen molar-refractivity contribution in [1.82, 2.24) is 0 Å². The fourth-order valence-corrected chi connectivity index (χ4v) is 5.06. The molecule has 9 heteroatoms. The summed E-state index contributed by atoms with van der Waals surface area (Å²) in [5.41, 5.74) is 0. The monoisotopic (exact) mass is 838 g/mol. The molecule has 4 aliphatic rings. The maximum absolute atomic E-state index is 11.9. The summed E-state index contributed by atoms with van der Waals surface area (Å²) in [5, 5.41) is 0. The van der Waals surface area contributed by atoms with Gasteiger partial charge < -0.3 is 14.2 Å². The third-order valence-corrected chi connectivity index (χ3v) is 8.22. The van der Waals surface area contributed by atoms with Gasteiger partial charge in [0.1, 0.15) is 30.1 Å². The van der Waals surface area contributed by atoms with Crippen molar-refractivity contribution in [3.05, 3.63) is 193 Å². The van der Waals surface area contributed by atoms with Crippen LogP contribution >= 0.6 is 0 Å². The van der Waals surface area contributed by atoms with E-state index in [4.69, 9.17) is 14.2 Å². The second-order valence-corrected chi connectivity index (χ2v) is 13.4. The summed E-state index contributed by atoms with van der Waals surface area (Å²) in [6, 6.07) is 37.5. The van der Waals surface area contributed by atoms with E-state index in [1.165, 1.54) is 138 Å². The van der Waals surface area contributed by atoms with Gasteiger partial charge in [-0.25, -0.2) is 26.3 Å². The van der Waals surface area contributed by atoms with E-state index in [0.717, 1.165) is 51.0 Å². The van der Waals surface area contributed by atoms with Gasteiger partial charge in [-0.15, -0.1) is 0 Å². The number of rotatable bonds is 0. The number of allylic oxidation sites excluding steroid dienone is 2. The molecule has 0 radical (unpaired) electrons. The van der Waals surface area contributed by atoms with Crippen LogP contribution in [0.25, 0.3) is 0 Å². The van der Waals surface area contributed by atoms with Crippen LogP contribution in [-0.2, 0) is 14.2 Å². The van der Waals surface area contributed by atoms with Gasteiger partial charge in [0.05, 0.1) is 13.2 Å². The Morgan fingerprint density at radius 1 is 0.283 bits per heavy atom. The van der Waals surface area contributed by atoms with Gasteiger partial charge in [-0.1, -0.05) is 142 Å². The first-order valence-electron chi connectivity index (χ1n) is 21.0. The summed E-state index contributed by atoms with van der Waals surface area (Å²) in [5.74, 6) is -3.03. The first-order valence-corrected chi connectivity index (χ1v) is 21.0. The van der Waals surface area contributed by atoms with Crippen molar-refractivity contribution in [2.75, 3.05) is 33.2 Å². The molecule has 5 aromatic rings. The molecule has 2 saturated heterocycles. The lowest BCUT2D eigenvalue weighted by molar-refractivity contribution is -0.0963. The van der Waals surface area contributed by atoms with E-state index in [-0.39, 0.29) is 11.6 Å². The summed E-state index contributed by atoms with van der Waals surface area (Å²) in [6.45, 7) is 4.25. The van der Waals surface area contributed by atoms with E-state index in [2.05, 4.69) is 12.2 Å². The van der Waals surface area contributed by atoms with Gasteiger partial charge in [0.15, 0.2) is 11.6 Å². The molecule has 0 spiro atoms. The van der Waals surface area contributed by atoms with Crippen LogP contribution in [0.2, 0.25) is 0 Å². The van der Waals surface area contributed by atoms with Crippen LogP contribution in [0.4, 0.5) is 26.3 Å². The number of ether oxygens (including phenoxy) is 3. The normalized spacial score (nSPS) is 14.6. The number of benzene rings is 5. The van der Waals surface area contributed by atoms with E-state index in [0.29, 0.717) is 6.79 Å². The van der Waals surface area contributed by atoms with E-state index in [9.17, 15) is 26.3 Å². The van der Waals surface area contributed by atoms with Gasteiger partial charge in [0.25, 0.3) is 0 Å². The van der Waals surface area contributed by atoms with Crippen LogP contribution < -0.4 is 0 Å². The first kappa shape index (κ1) is 53.3. The van der Waals surface area contributed by atoms with Crippen molar-refractivity contribution >= 4 is 0 Å². The Balaban J connectivity index is 0.000000338. The quantitative estimate of drug-likeness (QED) is 0.115. The minimum absolute atomic E-state index is 0.178. The van der Waals surface area contributed by atoms with Crippen molar-refractivity contribution in [3.63, 3.8) is 0 Å². The molecule has 3 fully saturated rings. The molecule has 2 aliphatic heterocycles. The molecule has 0 unspecified atom stereocenters. The Labute approximate surface area is 355 Å². The maximum Gasteiger partial charge on any atom is 0.158 e. The van der Waals surface area contributed by atoms with Crippen LogP contribution in [0, 0.1) is 34.9 Å². The topological polar surface area (TPSA) is 27.7 Å². The first-order chi connectivity index (χ1) is 29.4. The summed E-state index contributed by atoms with van der Waals surface area (Å²) >= 11 is 0. The van der Waals surface area contributed by atoms with Gasteiger partial charge in [-0.2, -0.15) is 0 Å². The lowest BCUT2D eigenvalue weighted by Crippen LogP contribution is -2.11. The highest BCUT2D eigenvalue weighted by Crippen LogP contribution is 2.15. The number of hydrogen-bond acceptors (Lipinski definition) is 3. The van der Waals surface area contributed by atoms with Crippen LogP contribution in [-0.4, -0.2) is 33.2 Å². The third kappa shape index (κ3) is 37.6. The molecule has 0 bridgehead atoms. The zero-order valence-electron chi connectivity index (χ0n) is 34.9. The van der Waals surface area contributed by atoms with Gasteiger partial charge >= 0.3 is 0 Å². The smallest absolute Gasteiger partial charge is 0.158 e. The zero-order chi connectivity index (χ0) is 43.4. The largest absolute Gasteiger partial charge is 0.381 e. The Morgan fingerprint density at radius 2 is 0.600 bits per heavy atom. The number of hydrogen-bond donors (Lipinski definition) is 0. The summed E-state index contributed by atoms with van der Waals surface area (Å²) < 4.78 is 86.3. The molecule has 3 nitrogen and oxygen atoms in total. The van der Waals surface area contributed by atoms with E-state index in [1.807, 2.05) is 36.4 Å². The Morgan fingerprint density at radius 3 is 0.783 bits per heavy atom. The molecule has 5 aromatic carbocycles. The molecule has 0 aromatic heterocycles. The molecule has 2 heterocycles. The van der Waals surface area contributed by atoms with Crippen LogP contribution in [0.1, 0.15) is 89.9 Å². The average molecular weight is 839 g/mol. The summed E-state index contributed by atoms with van der Waals surface area (Å²) in [4.78, 5) is 0. The van der Waals surface area contributed by atoms with Crippen molar-refractivity contribution in [1.29, 1.82) is 0 Å². The van der Waals surface area contributed by atoms with Crippen LogP contribution in [0.15, 0.2) is 158 Å². The fraction of sp³-hybridized carbons (Fsp3) is 0.373. The van der Waals surface area contributed by atoms with E-state index < -0.39 is 23.3 Å². The van der Waals surface area contributed by atoms with E-state index >= 15 is 0 Å². The van der Waals surface area contributed by atoms with Gasteiger partial charge in [-0.3, -0.25) is 0 Å². The average Bonchev–Trinajstić information content (AvgIpc) is 3.32. The molecule has 1 saturated carbocycles. The van der Waals surface area contributed by atoms with Crippen molar-refractivity contribution in [2.24, 2.45) is 0 Å². The molecule has 2 aliphatic carbocycles. The molecule has 0 amide bonds. The lowest BCUT2D eigenvalue weighted by Gasteiger charge is -2.09. The van der Waals surface area contributed by atoms with E-state index in [1.54, 1.807) is 36.4 Å². The van der Waals surface area contributed by atoms with Crippen molar-refractivity contribution in [2.45, 2.75) is 89.9 Å². The van der Waals surface area contributed by atoms with Crippen molar-refractivity contribution in [3.8, 4) is 0 Å². The Hall–Kier alpha value is -4.70. The van der Waals surface area contributed by atoms with Crippen molar-refractivity contribution < 1.29 is 40.6 Å². The summed E-state index contributed by atoms with van der Waals surface area (Å²) in [7, 11) is 0. The molecule has 328 valence electrons. The highest BCUT2D eigenvalue weighted by molar-refractivity contribution is 5.06. The SMILES string of the molecule is C1=CCCCC1.C1CCCCC1.C1CCOCC1.C1COCOC1.Fc1cccc(F)c1.Fc1ccccc1.Fc1ccccc1.Fc1ccccc1F.c1ccccc1. The standard InChI is InChI=1S/2C6H4F2.2C6H5F.C6H12.C6H10.C6H6.C5H10O.C4H8O2/c7-5-2-1-3-6(8)4-5;7-5-3-1-2-4-6(5)8;2*7-6-4-2-1-3-5-6;4*1-2-4-6-5-3-1;1-2-5-4-6-3-1/h2*1-4H;2*1-5H;1-6H2;1-2H,3-6H2;1-6H;1-5H2;1-4H2. The third-order valence-electron chi connectivity index (χ3n) is 8.22. The molecule has 0 N–H and O–H groups in total. The fourth-order valence-electron chi connectivity index (χ4n) is 5.06. The van der Waals surface area contributed by atoms with Gasteiger partial charge in [0, 0.05) is 19.3 Å². The summed E-state index contributed by atoms with van der Waals surface area (Å²) in [6.07, 6.45) is 24.0.